The lowest BCUT2D eigenvalue weighted by molar-refractivity contribution is -0.193. The molecule has 2 aromatic heterocycles. The fourth-order valence-electron chi connectivity index (χ4n) is 5.87. The Balaban J connectivity index is 1.68. The number of fused-ring (bicyclic) bond motifs is 1. The summed E-state index contributed by atoms with van der Waals surface area (Å²) < 4.78 is 44.0. The second-order valence-corrected chi connectivity index (χ2v) is 11.9. The number of rotatable bonds is 11. The third-order valence-corrected chi connectivity index (χ3v) is 8.40. The number of alkyl halides is 3. The summed E-state index contributed by atoms with van der Waals surface area (Å²) >= 11 is 1.54. The minimum absolute atomic E-state index is 0.0158. The molecule has 0 saturated heterocycles. The smallest absolute Gasteiger partial charge is 0.393 e. The van der Waals surface area contributed by atoms with Gasteiger partial charge < -0.3 is 9.67 Å². The molecule has 3 aromatic rings. The Labute approximate surface area is 225 Å². The average Bonchev–Trinajstić information content (AvgIpc) is 3.48. The van der Waals surface area contributed by atoms with Gasteiger partial charge in [0.05, 0.1) is 17.0 Å². The van der Waals surface area contributed by atoms with Crippen LogP contribution >= 0.6 is 11.3 Å². The van der Waals surface area contributed by atoms with Crippen LogP contribution in [0.4, 0.5) is 13.2 Å². The zero-order chi connectivity index (χ0) is 27.4. The van der Waals surface area contributed by atoms with Crippen LogP contribution in [-0.2, 0) is 11.2 Å². The fourth-order valence-corrected chi connectivity index (χ4v) is 6.57. The number of carboxylic acids is 1. The van der Waals surface area contributed by atoms with Gasteiger partial charge in [0.1, 0.15) is 5.82 Å². The molecule has 1 N–H and O–H groups in total. The Kier molecular flexibility index (Phi) is 8.96. The predicted molar refractivity (Wildman–Crippen MR) is 143 cm³/mol. The number of benzene rings is 1. The van der Waals surface area contributed by atoms with E-state index >= 15 is 0 Å². The first kappa shape index (κ1) is 28.3. The maximum Gasteiger partial charge on any atom is 0.393 e. The van der Waals surface area contributed by atoms with Crippen molar-refractivity contribution >= 4 is 34.1 Å². The molecule has 0 amide bonds. The van der Waals surface area contributed by atoms with Crippen molar-refractivity contribution in [3.05, 3.63) is 52.0 Å². The van der Waals surface area contributed by atoms with Gasteiger partial charge in [-0.1, -0.05) is 32.8 Å². The molecule has 1 fully saturated rings. The summed E-state index contributed by atoms with van der Waals surface area (Å²) in [5.41, 5.74) is 1.61. The number of hydrogen-bond donors (Lipinski definition) is 1. The third-order valence-electron chi connectivity index (χ3n) is 7.52. The van der Waals surface area contributed by atoms with Crippen LogP contribution in [0.3, 0.4) is 0 Å². The Hall–Kier alpha value is -2.68. The third kappa shape index (κ3) is 6.84. The Morgan fingerprint density at radius 3 is 2.61 bits per heavy atom. The van der Waals surface area contributed by atoms with E-state index in [4.69, 9.17) is 10.1 Å². The van der Waals surface area contributed by atoms with Crippen molar-refractivity contribution in [1.29, 1.82) is 0 Å². The first-order chi connectivity index (χ1) is 18.0. The molecular formula is C29H35F3N2O3S. The molecule has 0 radical (unpaired) electrons. The normalized spacial score (nSPS) is 19.2. The largest absolute Gasteiger partial charge is 0.481 e. The van der Waals surface area contributed by atoms with Crippen molar-refractivity contribution in [3.8, 4) is 0 Å². The number of Topliss-reactive ketones (excluding diaryl/α,β-unsaturated/α-hetero) is 1. The van der Waals surface area contributed by atoms with Crippen molar-refractivity contribution in [2.45, 2.75) is 83.9 Å². The van der Waals surface area contributed by atoms with E-state index in [1.165, 1.54) is 0 Å². The molecule has 38 heavy (non-hydrogen) atoms. The monoisotopic (exact) mass is 548 g/mol. The number of nitrogens with zero attached hydrogens (tertiary/aromatic N) is 2. The van der Waals surface area contributed by atoms with E-state index in [1.807, 2.05) is 31.4 Å². The summed E-state index contributed by atoms with van der Waals surface area (Å²) in [7, 11) is 0. The van der Waals surface area contributed by atoms with E-state index in [-0.39, 0.29) is 31.0 Å². The standard InChI is InChI=1S/C29H35F3N2O3S/c1-18(2)14-19(9-12-28(36)37)15-26(35)20-10-11-25-23(16-20)33-27(17-21-6-5-13-38-21)34(25)24-8-4-3-7-22(24)29(30,31)32/h5-6,10-11,13,16,18-19,22,24H,3-4,7-9,12,14-15,17H2,1-2H3,(H,36,37)/t19-,22?,24?/m1/s1. The number of hydrogen-bond acceptors (Lipinski definition) is 4. The highest BCUT2D eigenvalue weighted by Gasteiger charge is 2.47. The summed E-state index contributed by atoms with van der Waals surface area (Å²) in [4.78, 5) is 30.1. The van der Waals surface area contributed by atoms with Crippen LogP contribution in [0.5, 0.6) is 0 Å². The molecule has 0 bridgehead atoms. The van der Waals surface area contributed by atoms with Gasteiger partial charge in [0.15, 0.2) is 5.78 Å². The minimum Gasteiger partial charge on any atom is -0.481 e. The SMILES string of the molecule is CC(C)C[C@@H](CCC(=O)O)CC(=O)c1ccc2c(c1)nc(Cc1cccs1)n2C1CCCCC1C(F)(F)F. The summed E-state index contributed by atoms with van der Waals surface area (Å²) in [5, 5.41) is 11.0. The topological polar surface area (TPSA) is 72.2 Å². The fraction of sp³-hybridized carbons (Fsp3) is 0.552. The van der Waals surface area contributed by atoms with Crippen molar-refractivity contribution in [2.75, 3.05) is 0 Å². The van der Waals surface area contributed by atoms with Crippen LogP contribution in [-0.4, -0.2) is 32.6 Å². The molecular weight excluding hydrogens is 513 g/mol. The first-order valence-corrected chi connectivity index (χ1v) is 14.3. The number of aromatic nitrogens is 2. The number of aliphatic carboxylic acids is 1. The van der Waals surface area contributed by atoms with Crippen molar-refractivity contribution in [1.82, 2.24) is 9.55 Å². The Bertz CT molecular complexity index is 1250. The quantitative estimate of drug-likeness (QED) is 0.246. The molecule has 2 unspecified atom stereocenters. The molecule has 0 aliphatic heterocycles. The summed E-state index contributed by atoms with van der Waals surface area (Å²) in [6.07, 6.45) is -0.583. The van der Waals surface area contributed by atoms with Crippen molar-refractivity contribution in [3.63, 3.8) is 0 Å². The number of ketones is 1. The lowest BCUT2D eigenvalue weighted by atomic mass is 9.83. The number of halogens is 3. The lowest BCUT2D eigenvalue weighted by Gasteiger charge is -2.35. The maximum absolute atomic E-state index is 14.1. The number of carboxylic acid groups (broad SMARTS) is 1. The van der Waals surface area contributed by atoms with Gasteiger partial charge in [-0.15, -0.1) is 11.3 Å². The number of imidazole rings is 1. The van der Waals surface area contributed by atoms with Crippen LogP contribution in [0.2, 0.25) is 0 Å². The zero-order valence-corrected chi connectivity index (χ0v) is 22.7. The van der Waals surface area contributed by atoms with Gasteiger partial charge in [-0.2, -0.15) is 13.2 Å². The zero-order valence-electron chi connectivity index (χ0n) is 21.8. The second-order valence-electron chi connectivity index (χ2n) is 10.9. The first-order valence-electron chi connectivity index (χ1n) is 13.4. The van der Waals surface area contributed by atoms with Crippen LogP contribution in [0.1, 0.15) is 92.3 Å². The molecule has 3 atom stereocenters. The highest BCUT2D eigenvalue weighted by molar-refractivity contribution is 7.09. The van der Waals surface area contributed by atoms with Gasteiger partial charge in [0, 0.05) is 35.7 Å². The minimum atomic E-state index is -4.29. The van der Waals surface area contributed by atoms with Gasteiger partial charge in [-0.3, -0.25) is 9.59 Å². The van der Waals surface area contributed by atoms with Gasteiger partial charge in [-0.05, 0) is 67.2 Å². The van der Waals surface area contributed by atoms with E-state index in [1.54, 1.807) is 34.1 Å². The van der Waals surface area contributed by atoms with Crippen LogP contribution in [0.15, 0.2) is 35.7 Å². The highest BCUT2D eigenvalue weighted by atomic mass is 32.1. The Morgan fingerprint density at radius 1 is 1.18 bits per heavy atom. The van der Waals surface area contributed by atoms with Gasteiger partial charge in [0.25, 0.3) is 0 Å². The van der Waals surface area contributed by atoms with Crippen LogP contribution in [0, 0.1) is 17.8 Å². The number of thiophene rings is 1. The van der Waals surface area contributed by atoms with E-state index in [9.17, 15) is 22.8 Å². The van der Waals surface area contributed by atoms with Crippen LogP contribution < -0.4 is 0 Å². The number of carbonyl (C=O) groups is 2. The molecule has 1 aliphatic rings. The van der Waals surface area contributed by atoms with Crippen molar-refractivity contribution < 1.29 is 27.9 Å². The molecule has 2 heterocycles. The van der Waals surface area contributed by atoms with Gasteiger partial charge >= 0.3 is 12.1 Å². The van der Waals surface area contributed by atoms with Gasteiger partial charge in [0.2, 0.25) is 0 Å². The van der Waals surface area contributed by atoms with E-state index in [0.29, 0.717) is 54.0 Å². The van der Waals surface area contributed by atoms with E-state index in [2.05, 4.69) is 0 Å². The highest BCUT2D eigenvalue weighted by Crippen LogP contribution is 2.45. The lowest BCUT2D eigenvalue weighted by Crippen LogP contribution is -2.35. The van der Waals surface area contributed by atoms with E-state index < -0.39 is 24.1 Å². The summed E-state index contributed by atoms with van der Waals surface area (Å²) in [6.45, 7) is 4.09. The number of carbonyl (C=O) groups excluding carboxylic acids is 1. The Morgan fingerprint density at radius 2 is 1.95 bits per heavy atom. The molecule has 1 aliphatic carbocycles. The summed E-state index contributed by atoms with van der Waals surface area (Å²) in [6, 6.07) is 8.27. The second kappa shape index (κ2) is 12.0. The molecule has 0 spiro atoms. The summed E-state index contributed by atoms with van der Waals surface area (Å²) in [5.74, 6) is -1.53. The molecule has 206 valence electrons. The maximum atomic E-state index is 14.1. The molecule has 1 aromatic carbocycles. The van der Waals surface area contributed by atoms with E-state index in [0.717, 1.165) is 17.7 Å². The molecule has 5 nitrogen and oxygen atoms in total. The molecule has 4 rings (SSSR count). The molecule has 1 saturated carbocycles. The van der Waals surface area contributed by atoms with Gasteiger partial charge in [-0.25, -0.2) is 4.98 Å². The predicted octanol–water partition coefficient (Wildman–Crippen LogP) is 8.08. The van der Waals surface area contributed by atoms with Crippen LogP contribution in [0.25, 0.3) is 11.0 Å². The average molecular weight is 549 g/mol. The van der Waals surface area contributed by atoms with Crippen molar-refractivity contribution in [2.24, 2.45) is 17.8 Å². The molecule has 9 heteroatoms.